The van der Waals surface area contributed by atoms with Crippen molar-refractivity contribution in [1.29, 1.82) is 0 Å². The summed E-state index contributed by atoms with van der Waals surface area (Å²) >= 11 is 0. The molecule has 4 aromatic rings. The predicted octanol–water partition coefficient (Wildman–Crippen LogP) is 9.33. The molecule has 4 aromatic carbocycles. The van der Waals surface area contributed by atoms with Gasteiger partial charge in [0.05, 0.1) is 13.2 Å². The minimum absolute atomic E-state index is 0.0976. The van der Waals surface area contributed by atoms with Crippen LogP contribution in [0.1, 0.15) is 44.2 Å². The second kappa shape index (κ2) is 13.3. The molecule has 39 heavy (non-hydrogen) atoms. The van der Waals surface area contributed by atoms with Crippen LogP contribution in [-0.4, -0.2) is 13.2 Å². The molecule has 0 saturated heterocycles. The molecule has 0 atom stereocenters. The van der Waals surface area contributed by atoms with E-state index in [1.165, 1.54) is 12.1 Å². The quantitative estimate of drug-likeness (QED) is 0.133. The fraction of sp³-hybridized carbons (Fsp3) is 0.273. The first kappa shape index (κ1) is 28.2. The molecule has 0 aliphatic carbocycles. The molecular formula is C33H32F4O2. The van der Waals surface area contributed by atoms with Crippen molar-refractivity contribution < 1.29 is 27.0 Å². The van der Waals surface area contributed by atoms with Crippen LogP contribution in [0.15, 0.2) is 72.8 Å². The Labute approximate surface area is 227 Å². The van der Waals surface area contributed by atoms with Gasteiger partial charge in [-0.15, -0.1) is 0 Å². The molecule has 0 radical (unpaired) electrons. The van der Waals surface area contributed by atoms with Crippen LogP contribution in [-0.2, 0) is 12.8 Å². The maximum Gasteiger partial charge on any atom is 0.201 e. The summed E-state index contributed by atoms with van der Waals surface area (Å²) in [5.41, 5.74) is 2.56. The first-order valence-electron chi connectivity index (χ1n) is 13.3. The average molecular weight is 537 g/mol. The van der Waals surface area contributed by atoms with Gasteiger partial charge in [0.25, 0.3) is 0 Å². The molecule has 0 fully saturated rings. The van der Waals surface area contributed by atoms with Crippen LogP contribution in [0.4, 0.5) is 17.6 Å². The van der Waals surface area contributed by atoms with E-state index in [2.05, 4.69) is 0 Å². The molecular weight excluding hydrogens is 504 g/mol. The van der Waals surface area contributed by atoms with Gasteiger partial charge < -0.3 is 9.47 Å². The standard InChI is InChI=1S/C33H32F4O2/c1-3-5-21-39-29-19-18-28(32(36)33(29)37)23-9-6-22(7-10-23)8-11-25-14-17-27(31(35)30(25)34)24-12-15-26(16-13-24)38-20-4-2/h6-7,9-10,12-19H,3-5,8,11,20-21H2,1-2H3. The lowest BCUT2D eigenvalue weighted by Crippen LogP contribution is -2.01. The lowest BCUT2D eigenvalue weighted by atomic mass is 9.97. The Hall–Kier alpha value is -3.80. The molecule has 2 nitrogen and oxygen atoms in total. The number of unbranched alkanes of at least 4 members (excludes halogenated alkanes) is 1. The zero-order chi connectivity index (χ0) is 27.8. The van der Waals surface area contributed by atoms with Gasteiger partial charge in [0, 0.05) is 11.1 Å². The van der Waals surface area contributed by atoms with Gasteiger partial charge in [-0.2, -0.15) is 4.39 Å². The van der Waals surface area contributed by atoms with Crippen LogP contribution in [0, 0.1) is 23.3 Å². The van der Waals surface area contributed by atoms with Gasteiger partial charge in [0.15, 0.2) is 23.2 Å². The Morgan fingerprint density at radius 1 is 0.538 bits per heavy atom. The van der Waals surface area contributed by atoms with Crippen molar-refractivity contribution in [3.05, 3.63) is 107 Å². The van der Waals surface area contributed by atoms with Gasteiger partial charge in [-0.1, -0.05) is 68.8 Å². The molecule has 204 valence electrons. The Bertz CT molecular complexity index is 1380. The topological polar surface area (TPSA) is 18.5 Å². The fourth-order valence-corrected chi connectivity index (χ4v) is 4.28. The van der Waals surface area contributed by atoms with E-state index in [0.29, 0.717) is 42.9 Å². The van der Waals surface area contributed by atoms with Gasteiger partial charge in [0.2, 0.25) is 5.82 Å². The molecule has 0 aliphatic heterocycles. The number of ether oxygens (including phenoxy) is 2. The van der Waals surface area contributed by atoms with Crippen LogP contribution >= 0.6 is 0 Å². The number of hydrogen-bond acceptors (Lipinski definition) is 2. The summed E-state index contributed by atoms with van der Waals surface area (Å²) in [7, 11) is 0. The van der Waals surface area contributed by atoms with Crippen molar-refractivity contribution in [1.82, 2.24) is 0 Å². The van der Waals surface area contributed by atoms with E-state index < -0.39 is 23.3 Å². The van der Waals surface area contributed by atoms with Crippen LogP contribution < -0.4 is 9.47 Å². The van der Waals surface area contributed by atoms with Crippen LogP contribution in [0.3, 0.4) is 0 Å². The van der Waals surface area contributed by atoms with E-state index in [0.717, 1.165) is 24.8 Å². The normalized spacial score (nSPS) is 11.0. The van der Waals surface area contributed by atoms with E-state index in [1.54, 1.807) is 60.7 Å². The zero-order valence-electron chi connectivity index (χ0n) is 22.2. The Morgan fingerprint density at radius 2 is 1.15 bits per heavy atom. The minimum atomic E-state index is -1.01. The smallest absolute Gasteiger partial charge is 0.201 e. The highest BCUT2D eigenvalue weighted by molar-refractivity contribution is 5.66. The first-order chi connectivity index (χ1) is 18.9. The van der Waals surface area contributed by atoms with Gasteiger partial charge in [-0.3, -0.25) is 0 Å². The third-order valence-corrected chi connectivity index (χ3v) is 6.55. The third-order valence-electron chi connectivity index (χ3n) is 6.55. The van der Waals surface area contributed by atoms with Gasteiger partial charge in [0.1, 0.15) is 5.75 Å². The molecule has 0 N–H and O–H groups in total. The average Bonchev–Trinajstić information content (AvgIpc) is 2.96. The molecule has 0 bridgehead atoms. The highest BCUT2D eigenvalue weighted by atomic mass is 19.2. The second-order valence-electron chi connectivity index (χ2n) is 9.41. The summed E-state index contributed by atoms with van der Waals surface area (Å²) in [6, 6.07) is 20.0. The van der Waals surface area contributed by atoms with Crippen molar-refractivity contribution in [2.75, 3.05) is 13.2 Å². The third kappa shape index (κ3) is 6.80. The summed E-state index contributed by atoms with van der Waals surface area (Å²) in [4.78, 5) is 0. The molecule has 0 saturated carbocycles. The van der Waals surface area contributed by atoms with E-state index in [1.807, 2.05) is 13.8 Å². The fourth-order valence-electron chi connectivity index (χ4n) is 4.28. The monoisotopic (exact) mass is 536 g/mol. The molecule has 0 spiro atoms. The highest BCUT2D eigenvalue weighted by Gasteiger charge is 2.17. The summed E-state index contributed by atoms with van der Waals surface area (Å²) < 4.78 is 69.9. The predicted molar refractivity (Wildman–Crippen MR) is 147 cm³/mol. The summed E-state index contributed by atoms with van der Waals surface area (Å²) in [6.07, 6.45) is 3.28. The number of halogens is 4. The lowest BCUT2D eigenvalue weighted by molar-refractivity contribution is 0.289. The van der Waals surface area contributed by atoms with Crippen molar-refractivity contribution >= 4 is 0 Å². The van der Waals surface area contributed by atoms with Crippen molar-refractivity contribution in [3.63, 3.8) is 0 Å². The number of benzene rings is 4. The second-order valence-corrected chi connectivity index (χ2v) is 9.41. The summed E-state index contributed by atoms with van der Waals surface area (Å²) in [6.45, 7) is 4.92. The van der Waals surface area contributed by atoms with Crippen LogP contribution in [0.5, 0.6) is 11.5 Å². The van der Waals surface area contributed by atoms with E-state index in [-0.39, 0.29) is 22.4 Å². The van der Waals surface area contributed by atoms with Gasteiger partial charge in [-0.25, -0.2) is 13.2 Å². The van der Waals surface area contributed by atoms with E-state index in [9.17, 15) is 17.6 Å². The first-order valence-corrected chi connectivity index (χ1v) is 13.3. The maximum atomic E-state index is 14.9. The Kier molecular flexibility index (Phi) is 9.64. The molecule has 6 heteroatoms. The van der Waals surface area contributed by atoms with E-state index >= 15 is 0 Å². The minimum Gasteiger partial charge on any atom is -0.494 e. The molecule has 4 rings (SSSR count). The number of rotatable bonds is 12. The highest BCUT2D eigenvalue weighted by Crippen LogP contribution is 2.31. The molecule has 0 aromatic heterocycles. The number of aryl methyl sites for hydroxylation is 2. The van der Waals surface area contributed by atoms with Crippen molar-refractivity contribution in [3.8, 4) is 33.8 Å². The zero-order valence-corrected chi connectivity index (χ0v) is 22.2. The van der Waals surface area contributed by atoms with Crippen LogP contribution in [0.25, 0.3) is 22.3 Å². The lowest BCUT2D eigenvalue weighted by Gasteiger charge is -2.11. The molecule has 0 amide bonds. The SMILES string of the molecule is CCCCOc1ccc(-c2ccc(CCc3ccc(-c4ccc(OCCC)cc4)c(F)c3F)cc2)c(F)c1F. The Morgan fingerprint density at radius 3 is 1.79 bits per heavy atom. The van der Waals surface area contributed by atoms with Crippen LogP contribution in [0.2, 0.25) is 0 Å². The largest absolute Gasteiger partial charge is 0.494 e. The summed E-state index contributed by atoms with van der Waals surface area (Å²) in [5, 5.41) is 0. The molecule has 0 unspecified atom stereocenters. The van der Waals surface area contributed by atoms with Gasteiger partial charge >= 0.3 is 0 Å². The molecule has 0 aliphatic rings. The van der Waals surface area contributed by atoms with Crippen molar-refractivity contribution in [2.45, 2.75) is 46.0 Å². The summed E-state index contributed by atoms with van der Waals surface area (Å²) in [5.74, 6) is -3.13. The van der Waals surface area contributed by atoms with Crippen molar-refractivity contribution in [2.24, 2.45) is 0 Å². The maximum absolute atomic E-state index is 14.9. The number of hydrogen-bond donors (Lipinski definition) is 0. The Balaban J connectivity index is 1.42. The van der Waals surface area contributed by atoms with Gasteiger partial charge in [-0.05, 0) is 72.2 Å². The molecule has 0 heterocycles. The van der Waals surface area contributed by atoms with E-state index in [4.69, 9.17) is 9.47 Å².